The summed E-state index contributed by atoms with van der Waals surface area (Å²) in [4.78, 5) is 24.7. The summed E-state index contributed by atoms with van der Waals surface area (Å²) in [5.74, 6) is -0.429. The molecule has 0 aromatic heterocycles. The number of halogens is 1. The first kappa shape index (κ1) is 20.9. The molecule has 0 saturated carbocycles. The Labute approximate surface area is 190 Å². The van der Waals surface area contributed by atoms with Crippen LogP contribution in [0, 0.1) is 22.9 Å². The number of nitro benzene ring substituents is 1. The molecule has 166 valence electrons. The van der Waals surface area contributed by atoms with Crippen LogP contribution in [0.3, 0.4) is 0 Å². The lowest BCUT2D eigenvalue weighted by atomic mass is 9.78. The number of hydrogen-bond acceptors (Lipinski definition) is 5. The Kier molecular flexibility index (Phi) is 5.17. The highest BCUT2D eigenvalue weighted by molar-refractivity contribution is 6.01. The van der Waals surface area contributed by atoms with Crippen LogP contribution in [-0.2, 0) is 4.79 Å². The molecular weight excluding hydrogens is 421 g/mol. The molecule has 0 bridgehead atoms. The van der Waals surface area contributed by atoms with Crippen LogP contribution in [0.1, 0.15) is 41.5 Å². The van der Waals surface area contributed by atoms with E-state index in [-0.39, 0.29) is 29.6 Å². The van der Waals surface area contributed by atoms with E-state index < -0.39 is 11.0 Å². The number of anilines is 2. The van der Waals surface area contributed by atoms with Gasteiger partial charge in [-0.3, -0.25) is 14.9 Å². The van der Waals surface area contributed by atoms with E-state index in [4.69, 9.17) is 0 Å². The molecular formula is C26H22FN3O3. The van der Waals surface area contributed by atoms with E-state index in [1.165, 1.54) is 12.1 Å². The number of para-hydroxylation sites is 2. The molecule has 1 heterocycles. The summed E-state index contributed by atoms with van der Waals surface area (Å²) in [5.41, 5.74) is 5.17. The van der Waals surface area contributed by atoms with Crippen molar-refractivity contribution in [3.8, 4) is 0 Å². The van der Waals surface area contributed by atoms with Crippen molar-refractivity contribution in [3.05, 3.63) is 111 Å². The van der Waals surface area contributed by atoms with Gasteiger partial charge in [0, 0.05) is 29.3 Å². The smallest absolute Gasteiger partial charge is 0.272 e. The Morgan fingerprint density at radius 2 is 1.67 bits per heavy atom. The average molecular weight is 443 g/mol. The lowest BCUT2D eigenvalue weighted by molar-refractivity contribution is -0.385. The molecule has 0 amide bonds. The largest absolute Gasteiger partial charge is 0.372 e. The predicted octanol–water partition coefficient (Wildman–Crippen LogP) is 6.02. The molecule has 2 aliphatic rings. The average Bonchev–Trinajstić information content (AvgIpc) is 2.96. The summed E-state index contributed by atoms with van der Waals surface area (Å²) in [7, 11) is 0. The van der Waals surface area contributed by atoms with Crippen molar-refractivity contribution < 1.29 is 14.1 Å². The second-order valence-electron chi connectivity index (χ2n) is 8.52. The van der Waals surface area contributed by atoms with E-state index in [0.717, 1.165) is 22.6 Å². The number of hydrogen-bond donors (Lipinski definition) is 2. The summed E-state index contributed by atoms with van der Waals surface area (Å²) in [6.07, 6.45) is 0.863. The molecule has 0 radical (unpaired) electrons. The van der Waals surface area contributed by atoms with Crippen LogP contribution in [0.5, 0.6) is 0 Å². The molecule has 2 atom stereocenters. The van der Waals surface area contributed by atoms with E-state index in [1.54, 1.807) is 31.2 Å². The van der Waals surface area contributed by atoms with Gasteiger partial charge in [0.15, 0.2) is 5.78 Å². The molecule has 2 N–H and O–H groups in total. The van der Waals surface area contributed by atoms with Gasteiger partial charge in [0.1, 0.15) is 5.82 Å². The number of aryl methyl sites for hydroxylation is 1. The molecule has 0 saturated heterocycles. The first-order chi connectivity index (χ1) is 15.9. The minimum Gasteiger partial charge on any atom is -0.372 e. The third-order valence-electron chi connectivity index (χ3n) is 6.41. The van der Waals surface area contributed by atoms with E-state index in [1.807, 2.05) is 30.3 Å². The first-order valence-electron chi connectivity index (χ1n) is 10.8. The van der Waals surface area contributed by atoms with Crippen LogP contribution in [0.4, 0.5) is 21.5 Å². The number of nitro groups is 1. The topological polar surface area (TPSA) is 84.3 Å². The molecule has 5 rings (SSSR count). The van der Waals surface area contributed by atoms with Crippen LogP contribution in [0.2, 0.25) is 0 Å². The van der Waals surface area contributed by atoms with Gasteiger partial charge in [-0.05, 0) is 54.7 Å². The fraction of sp³-hybridized carbons (Fsp3) is 0.192. The van der Waals surface area contributed by atoms with Crippen molar-refractivity contribution in [2.75, 3.05) is 10.6 Å². The fourth-order valence-electron chi connectivity index (χ4n) is 4.72. The second kappa shape index (κ2) is 8.16. The van der Waals surface area contributed by atoms with E-state index in [2.05, 4.69) is 10.6 Å². The summed E-state index contributed by atoms with van der Waals surface area (Å²) in [6, 6.07) is 18.5. The molecule has 1 aliphatic carbocycles. The number of ketones is 1. The number of Topliss-reactive ketones (excluding diaryl/α,β-unsaturated/α-hetero) is 1. The quantitative estimate of drug-likeness (QED) is 0.382. The third-order valence-corrected chi connectivity index (χ3v) is 6.41. The number of nitrogens with zero attached hydrogens (tertiary/aromatic N) is 1. The van der Waals surface area contributed by atoms with Crippen molar-refractivity contribution >= 4 is 22.8 Å². The van der Waals surface area contributed by atoms with E-state index >= 15 is 0 Å². The maximum atomic E-state index is 13.5. The van der Waals surface area contributed by atoms with Gasteiger partial charge in [0.25, 0.3) is 5.69 Å². The van der Waals surface area contributed by atoms with Crippen molar-refractivity contribution in [3.63, 3.8) is 0 Å². The monoisotopic (exact) mass is 443 g/mol. The fourth-order valence-corrected chi connectivity index (χ4v) is 4.72. The zero-order valence-corrected chi connectivity index (χ0v) is 18.0. The number of carbonyl (C=O) groups is 1. The lowest BCUT2D eigenvalue weighted by Gasteiger charge is -2.30. The third kappa shape index (κ3) is 3.86. The number of allylic oxidation sites excluding steroid dienone is 1. The summed E-state index contributed by atoms with van der Waals surface area (Å²) < 4.78 is 13.4. The Hall–Kier alpha value is -4.00. The Morgan fingerprint density at radius 1 is 0.970 bits per heavy atom. The zero-order chi connectivity index (χ0) is 23.1. The molecule has 0 spiro atoms. The molecule has 2 unspecified atom stereocenters. The van der Waals surface area contributed by atoms with Gasteiger partial charge < -0.3 is 10.6 Å². The van der Waals surface area contributed by atoms with Crippen molar-refractivity contribution in [1.29, 1.82) is 0 Å². The molecule has 3 aromatic carbocycles. The van der Waals surface area contributed by atoms with Gasteiger partial charge in [-0.15, -0.1) is 0 Å². The van der Waals surface area contributed by atoms with Crippen LogP contribution >= 0.6 is 0 Å². The number of carbonyl (C=O) groups excluding carboxylic acids is 1. The Bertz CT molecular complexity index is 1300. The summed E-state index contributed by atoms with van der Waals surface area (Å²) in [5, 5.41) is 18.4. The summed E-state index contributed by atoms with van der Waals surface area (Å²) >= 11 is 0. The number of benzene rings is 3. The number of nitrogens with one attached hydrogen (secondary N) is 2. The van der Waals surface area contributed by atoms with E-state index in [9.17, 15) is 19.3 Å². The number of fused-ring (bicyclic) bond motifs is 1. The van der Waals surface area contributed by atoms with Crippen LogP contribution < -0.4 is 10.6 Å². The van der Waals surface area contributed by atoms with E-state index in [0.29, 0.717) is 23.1 Å². The summed E-state index contributed by atoms with van der Waals surface area (Å²) in [6.45, 7) is 1.70. The van der Waals surface area contributed by atoms with Crippen LogP contribution in [0.15, 0.2) is 78.0 Å². The minimum atomic E-state index is -0.530. The highest BCUT2D eigenvalue weighted by Gasteiger charge is 2.36. The molecule has 1 aliphatic heterocycles. The molecule has 0 fully saturated rings. The van der Waals surface area contributed by atoms with Gasteiger partial charge in [0.05, 0.1) is 22.3 Å². The van der Waals surface area contributed by atoms with Crippen molar-refractivity contribution in [2.45, 2.75) is 31.7 Å². The first-order valence-corrected chi connectivity index (χ1v) is 10.8. The molecule has 3 aromatic rings. The SMILES string of the molecule is Cc1ccc(C2Nc3ccccc3NC3=C2C(=O)CC(c2ccc(F)cc2)C3)cc1[N+](=O)[O-]. The molecule has 6 nitrogen and oxygen atoms in total. The molecule has 33 heavy (non-hydrogen) atoms. The highest BCUT2D eigenvalue weighted by Crippen LogP contribution is 2.44. The van der Waals surface area contributed by atoms with Crippen LogP contribution in [-0.4, -0.2) is 10.7 Å². The highest BCUT2D eigenvalue weighted by atomic mass is 19.1. The van der Waals surface area contributed by atoms with Crippen LogP contribution in [0.25, 0.3) is 0 Å². The van der Waals surface area contributed by atoms with Crippen molar-refractivity contribution in [1.82, 2.24) is 0 Å². The zero-order valence-electron chi connectivity index (χ0n) is 18.0. The van der Waals surface area contributed by atoms with Gasteiger partial charge in [-0.1, -0.05) is 36.4 Å². The molecule has 7 heteroatoms. The normalized spacial score (nSPS) is 19.6. The minimum absolute atomic E-state index is 0.0226. The maximum absolute atomic E-state index is 13.5. The second-order valence-corrected chi connectivity index (χ2v) is 8.52. The standard InChI is InChI=1S/C26H22FN3O3/c1-15-6-7-17(13-23(15)30(32)33)26-25-22(28-20-4-2-3-5-21(20)29-26)12-18(14-24(25)31)16-8-10-19(27)11-9-16/h2-11,13,18,26,28-29H,12,14H2,1H3. The van der Waals surface area contributed by atoms with Gasteiger partial charge in [0.2, 0.25) is 0 Å². The van der Waals surface area contributed by atoms with Gasteiger partial charge in [-0.25, -0.2) is 4.39 Å². The Balaban J connectivity index is 1.62. The predicted molar refractivity (Wildman–Crippen MR) is 125 cm³/mol. The number of rotatable bonds is 3. The van der Waals surface area contributed by atoms with Gasteiger partial charge in [-0.2, -0.15) is 0 Å². The lowest BCUT2D eigenvalue weighted by Crippen LogP contribution is -2.27. The maximum Gasteiger partial charge on any atom is 0.272 e. The van der Waals surface area contributed by atoms with Crippen molar-refractivity contribution in [2.24, 2.45) is 0 Å². The Morgan fingerprint density at radius 3 is 2.39 bits per heavy atom. The van der Waals surface area contributed by atoms with Gasteiger partial charge >= 0.3 is 0 Å².